The molecule has 1 rings (SSSR count). The molecule has 16 heavy (non-hydrogen) atoms. The highest BCUT2D eigenvalue weighted by Gasteiger charge is 2.35. The second-order valence-corrected chi connectivity index (χ2v) is 3.31. The van der Waals surface area contributed by atoms with Gasteiger partial charge in [0.15, 0.2) is 0 Å². The molecule has 0 saturated heterocycles. The van der Waals surface area contributed by atoms with Crippen molar-refractivity contribution in [2.24, 2.45) is 0 Å². The number of carbonyl (C=O) groups is 1. The molecule has 0 radical (unpaired) electrons. The highest BCUT2D eigenvalue weighted by Crippen LogP contribution is 2.33. The van der Waals surface area contributed by atoms with Gasteiger partial charge in [-0.1, -0.05) is 0 Å². The average molecular weight is 231 g/mol. The minimum Gasteiger partial charge on any atom is -0.481 e. The molecule has 1 heterocycles. The molecule has 6 heteroatoms. The van der Waals surface area contributed by atoms with Crippen molar-refractivity contribution in [3.8, 4) is 5.88 Å². The molecule has 88 valence electrons. The van der Waals surface area contributed by atoms with Gasteiger partial charge in [0, 0.05) is 17.3 Å². The number of carboxylic acid groups (broad SMARTS) is 1. The Kier molecular flexibility index (Phi) is 3.41. The Balaban J connectivity index is 3.11. The molecular weight excluding hydrogens is 220 g/mol. The van der Waals surface area contributed by atoms with Crippen LogP contribution in [0.5, 0.6) is 5.88 Å². The number of nitrogens with zero attached hydrogens (tertiary/aromatic N) is 1. The lowest BCUT2D eigenvalue weighted by molar-refractivity contribution is -0.145. The molecule has 0 saturated carbocycles. The van der Waals surface area contributed by atoms with Crippen molar-refractivity contribution in [3.63, 3.8) is 0 Å². The van der Waals surface area contributed by atoms with E-state index < -0.39 is 23.9 Å². The standard InChI is InChI=1S/C10H11F2NO3/c1-6-3-7(4-8(13-6)16-2)10(11,12)5-9(14)15/h3-4H,5H2,1-2H3,(H,14,15). The fourth-order valence-corrected chi connectivity index (χ4v) is 1.25. The number of rotatable bonds is 4. The monoisotopic (exact) mass is 231 g/mol. The van der Waals surface area contributed by atoms with E-state index in [1.165, 1.54) is 14.0 Å². The van der Waals surface area contributed by atoms with Crippen molar-refractivity contribution in [1.29, 1.82) is 0 Å². The van der Waals surface area contributed by atoms with E-state index in [0.29, 0.717) is 5.69 Å². The predicted molar refractivity (Wildman–Crippen MR) is 51.7 cm³/mol. The number of hydrogen-bond acceptors (Lipinski definition) is 3. The van der Waals surface area contributed by atoms with Crippen LogP contribution in [-0.4, -0.2) is 23.2 Å². The first-order valence-electron chi connectivity index (χ1n) is 4.48. The normalized spacial score (nSPS) is 11.2. The molecule has 0 bridgehead atoms. The Morgan fingerprint density at radius 3 is 2.69 bits per heavy atom. The second kappa shape index (κ2) is 4.42. The molecule has 1 N–H and O–H groups in total. The smallest absolute Gasteiger partial charge is 0.309 e. The van der Waals surface area contributed by atoms with Crippen molar-refractivity contribution < 1.29 is 23.4 Å². The fourth-order valence-electron chi connectivity index (χ4n) is 1.25. The predicted octanol–water partition coefficient (Wildman–Crippen LogP) is 1.97. The summed E-state index contributed by atoms with van der Waals surface area (Å²) >= 11 is 0. The zero-order chi connectivity index (χ0) is 12.3. The van der Waals surface area contributed by atoms with E-state index in [9.17, 15) is 13.6 Å². The summed E-state index contributed by atoms with van der Waals surface area (Å²) in [4.78, 5) is 14.1. The lowest BCUT2D eigenvalue weighted by Gasteiger charge is -2.15. The summed E-state index contributed by atoms with van der Waals surface area (Å²) in [6.45, 7) is 1.53. The average Bonchev–Trinajstić information content (AvgIpc) is 2.14. The molecule has 1 aromatic rings. The summed E-state index contributed by atoms with van der Waals surface area (Å²) in [6, 6.07) is 2.18. The van der Waals surface area contributed by atoms with Gasteiger partial charge in [0.2, 0.25) is 5.88 Å². The summed E-state index contributed by atoms with van der Waals surface area (Å²) in [5.74, 6) is -4.94. The van der Waals surface area contributed by atoms with E-state index in [4.69, 9.17) is 9.84 Å². The van der Waals surface area contributed by atoms with Gasteiger partial charge in [-0.25, -0.2) is 13.8 Å². The van der Waals surface area contributed by atoms with E-state index in [0.717, 1.165) is 12.1 Å². The number of pyridine rings is 1. The number of methoxy groups -OCH3 is 1. The molecule has 0 unspecified atom stereocenters. The lowest BCUT2D eigenvalue weighted by atomic mass is 10.1. The van der Waals surface area contributed by atoms with Crippen LogP contribution in [0.1, 0.15) is 17.7 Å². The van der Waals surface area contributed by atoms with Crippen LogP contribution in [0.25, 0.3) is 0 Å². The summed E-state index contributed by atoms with van der Waals surface area (Å²) in [5.41, 5.74) is -0.0568. The Labute approximate surface area is 90.9 Å². The zero-order valence-electron chi connectivity index (χ0n) is 8.83. The molecule has 0 aliphatic heterocycles. The van der Waals surface area contributed by atoms with Gasteiger partial charge >= 0.3 is 5.97 Å². The SMILES string of the molecule is COc1cc(C(F)(F)CC(=O)O)cc(C)n1. The van der Waals surface area contributed by atoms with Gasteiger partial charge < -0.3 is 9.84 Å². The van der Waals surface area contributed by atoms with Gasteiger partial charge in [-0.15, -0.1) is 0 Å². The molecular formula is C10H11F2NO3. The third-order valence-corrected chi connectivity index (χ3v) is 1.93. The van der Waals surface area contributed by atoms with Crippen LogP contribution in [0.4, 0.5) is 8.78 Å². The Morgan fingerprint density at radius 2 is 2.19 bits per heavy atom. The number of halogens is 2. The maximum Gasteiger partial charge on any atom is 0.309 e. The highest BCUT2D eigenvalue weighted by atomic mass is 19.3. The maximum absolute atomic E-state index is 13.4. The molecule has 0 atom stereocenters. The third kappa shape index (κ3) is 2.88. The number of aromatic nitrogens is 1. The quantitative estimate of drug-likeness (QED) is 0.860. The van der Waals surface area contributed by atoms with Crippen LogP contribution in [0.15, 0.2) is 12.1 Å². The number of aliphatic carboxylic acids is 1. The van der Waals surface area contributed by atoms with E-state index in [1.807, 2.05) is 0 Å². The molecule has 0 fully saturated rings. The van der Waals surface area contributed by atoms with Crippen molar-refractivity contribution in [2.45, 2.75) is 19.3 Å². The van der Waals surface area contributed by atoms with Crippen LogP contribution in [0.2, 0.25) is 0 Å². The molecule has 0 aromatic carbocycles. The molecule has 4 nitrogen and oxygen atoms in total. The molecule has 0 aliphatic carbocycles. The van der Waals surface area contributed by atoms with Crippen molar-refractivity contribution in [2.75, 3.05) is 7.11 Å². The van der Waals surface area contributed by atoms with Crippen LogP contribution in [-0.2, 0) is 10.7 Å². The molecule has 0 spiro atoms. The Hall–Kier alpha value is -1.72. The van der Waals surface area contributed by atoms with Crippen LogP contribution < -0.4 is 4.74 Å². The van der Waals surface area contributed by atoms with Crippen LogP contribution >= 0.6 is 0 Å². The van der Waals surface area contributed by atoms with Gasteiger partial charge in [-0.3, -0.25) is 4.79 Å². The van der Waals surface area contributed by atoms with Gasteiger partial charge in [-0.2, -0.15) is 0 Å². The van der Waals surface area contributed by atoms with Crippen molar-refractivity contribution >= 4 is 5.97 Å². The maximum atomic E-state index is 13.4. The lowest BCUT2D eigenvalue weighted by Crippen LogP contribution is -2.19. The minimum absolute atomic E-state index is 0.0417. The first kappa shape index (κ1) is 12.4. The fraction of sp³-hybridized carbons (Fsp3) is 0.400. The summed E-state index contributed by atoms with van der Waals surface area (Å²) < 4.78 is 31.6. The zero-order valence-corrected chi connectivity index (χ0v) is 8.83. The summed E-state index contributed by atoms with van der Waals surface area (Å²) in [5, 5.41) is 8.38. The number of hydrogen-bond donors (Lipinski definition) is 1. The third-order valence-electron chi connectivity index (χ3n) is 1.93. The topological polar surface area (TPSA) is 59.4 Å². The van der Waals surface area contributed by atoms with E-state index >= 15 is 0 Å². The summed E-state index contributed by atoms with van der Waals surface area (Å²) in [6.07, 6.45) is -1.25. The van der Waals surface area contributed by atoms with Gasteiger partial charge in [0.05, 0.1) is 7.11 Å². The number of ether oxygens (including phenoxy) is 1. The van der Waals surface area contributed by atoms with Crippen LogP contribution in [0.3, 0.4) is 0 Å². The molecule has 0 aliphatic rings. The molecule has 0 amide bonds. The summed E-state index contributed by atoms with van der Waals surface area (Å²) in [7, 11) is 1.31. The van der Waals surface area contributed by atoms with Crippen molar-refractivity contribution in [1.82, 2.24) is 4.98 Å². The van der Waals surface area contributed by atoms with Crippen LogP contribution in [0, 0.1) is 6.92 Å². The minimum atomic E-state index is -3.42. The molecule has 1 aromatic heterocycles. The first-order chi connectivity index (χ1) is 7.35. The number of alkyl halides is 2. The first-order valence-corrected chi connectivity index (χ1v) is 4.48. The van der Waals surface area contributed by atoms with E-state index in [1.54, 1.807) is 0 Å². The second-order valence-electron chi connectivity index (χ2n) is 3.31. The van der Waals surface area contributed by atoms with Crippen molar-refractivity contribution in [3.05, 3.63) is 23.4 Å². The number of carboxylic acids is 1. The van der Waals surface area contributed by atoms with E-state index in [-0.39, 0.29) is 5.88 Å². The Morgan fingerprint density at radius 1 is 1.56 bits per heavy atom. The van der Waals surface area contributed by atoms with Gasteiger partial charge in [0.1, 0.15) is 6.42 Å². The van der Waals surface area contributed by atoms with Gasteiger partial charge in [-0.05, 0) is 13.0 Å². The van der Waals surface area contributed by atoms with Gasteiger partial charge in [0.25, 0.3) is 5.92 Å². The van der Waals surface area contributed by atoms with E-state index in [2.05, 4.69) is 4.98 Å². The highest BCUT2D eigenvalue weighted by molar-refractivity contribution is 5.68. The Bertz CT molecular complexity index is 407. The largest absolute Gasteiger partial charge is 0.481 e. The number of aryl methyl sites for hydroxylation is 1.